The molecular formula is C31H36ClN5O. The van der Waals surface area contributed by atoms with E-state index in [1.165, 1.54) is 25.7 Å². The molecule has 2 aromatic heterocycles. The maximum atomic E-state index is 13.5. The predicted octanol–water partition coefficient (Wildman–Crippen LogP) is 6.63. The van der Waals surface area contributed by atoms with Crippen LogP contribution < -0.4 is 5.32 Å². The van der Waals surface area contributed by atoms with Crippen molar-refractivity contribution in [3.63, 3.8) is 0 Å². The number of nitrogens with one attached hydrogen (secondary N) is 1. The van der Waals surface area contributed by atoms with Gasteiger partial charge in [-0.25, -0.2) is 0 Å². The Labute approximate surface area is 230 Å². The smallest absolute Gasteiger partial charge is 0.247 e. The van der Waals surface area contributed by atoms with Crippen LogP contribution in [0.15, 0.2) is 67.0 Å². The number of carbonyl (C=O) groups is 1. The molecule has 1 aliphatic heterocycles. The molecule has 1 saturated carbocycles. The first-order valence-electron chi connectivity index (χ1n) is 13.7. The number of carbonyl (C=O) groups excluding carboxylic acids is 1. The summed E-state index contributed by atoms with van der Waals surface area (Å²) in [6.07, 6.45) is 14.5. The number of likely N-dealkylation sites (tertiary alicyclic amines) is 1. The lowest BCUT2D eigenvalue weighted by atomic mass is 10.00. The van der Waals surface area contributed by atoms with Gasteiger partial charge in [0.15, 0.2) is 0 Å². The molecular weight excluding hydrogens is 494 g/mol. The van der Waals surface area contributed by atoms with Crippen LogP contribution in [0.5, 0.6) is 0 Å². The molecule has 3 aromatic rings. The van der Waals surface area contributed by atoms with Gasteiger partial charge in [0.25, 0.3) is 0 Å². The lowest BCUT2D eigenvalue weighted by Crippen LogP contribution is -2.48. The molecule has 3 heterocycles. The second kappa shape index (κ2) is 12.5. The Hall–Kier alpha value is -3.22. The normalized spacial score (nSPS) is 17.2. The summed E-state index contributed by atoms with van der Waals surface area (Å²) in [5.74, 6) is 0.0236. The van der Waals surface area contributed by atoms with Gasteiger partial charge in [-0.05, 0) is 80.6 Å². The number of nitrogens with zero attached hydrogens (tertiary/aromatic N) is 4. The number of pyridine rings is 2. The number of aromatic nitrogens is 2. The third-order valence-electron chi connectivity index (χ3n) is 7.69. The van der Waals surface area contributed by atoms with E-state index in [4.69, 9.17) is 16.6 Å². The molecule has 1 amide bonds. The number of rotatable bonds is 8. The molecule has 1 saturated heterocycles. The average molecular weight is 530 g/mol. The maximum Gasteiger partial charge on any atom is 0.247 e. The van der Waals surface area contributed by atoms with Gasteiger partial charge in [0.1, 0.15) is 0 Å². The van der Waals surface area contributed by atoms with E-state index in [-0.39, 0.29) is 11.9 Å². The zero-order valence-electron chi connectivity index (χ0n) is 22.0. The standard InChI is InChI=1S/C31H36ClN5O/c1-23-20-26(14-17-33-23)35-27-11-12-28(34-21-27)22-37(31(38)13-8-24-6-9-25(32)10-7-24)30-15-18-36(19-16-30)29-4-2-3-5-29/h6-14,17,20-21,29-30H,2-5,15-16,18-19,22H2,1H3,(H,33,35)/b13-8+. The SMILES string of the molecule is Cc1cc(Nc2ccc(CN(C(=O)/C=C/c3ccc(Cl)cc3)C3CCN(C4CCCC4)CC3)nc2)ccn1. The van der Waals surface area contributed by atoms with E-state index in [0.29, 0.717) is 11.6 Å². The van der Waals surface area contributed by atoms with Crippen molar-refractivity contribution >= 4 is 35.0 Å². The predicted molar refractivity (Wildman–Crippen MR) is 154 cm³/mol. The van der Waals surface area contributed by atoms with Crippen LogP contribution >= 0.6 is 11.6 Å². The van der Waals surface area contributed by atoms with Gasteiger partial charge in [0.2, 0.25) is 5.91 Å². The summed E-state index contributed by atoms with van der Waals surface area (Å²) in [5.41, 5.74) is 4.68. The lowest BCUT2D eigenvalue weighted by Gasteiger charge is -2.40. The summed E-state index contributed by atoms with van der Waals surface area (Å²) in [5, 5.41) is 4.06. The van der Waals surface area contributed by atoms with Crippen molar-refractivity contribution in [2.45, 2.75) is 64.1 Å². The van der Waals surface area contributed by atoms with E-state index < -0.39 is 0 Å². The van der Waals surface area contributed by atoms with E-state index >= 15 is 0 Å². The van der Waals surface area contributed by atoms with Crippen molar-refractivity contribution in [1.82, 2.24) is 19.8 Å². The number of amides is 1. The molecule has 1 aliphatic carbocycles. The number of anilines is 2. The molecule has 5 rings (SSSR count). The summed E-state index contributed by atoms with van der Waals surface area (Å²) >= 11 is 6.02. The van der Waals surface area contributed by atoms with E-state index in [2.05, 4.69) is 15.2 Å². The van der Waals surface area contributed by atoms with Crippen molar-refractivity contribution in [2.75, 3.05) is 18.4 Å². The number of piperidine rings is 1. The Morgan fingerprint density at radius 3 is 2.47 bits per heavy atom. The van der Waals surface area contributed by atoms with Gasteiger partial charge in [-0.1, -0.05) is 36.6 Å². The maximum absolute atomic E-state index is 13.5. The average Bonchev–Trinajstić information content (AvgIpc) is 3.48. The molecule has 6 nitrogen and oxygen atoms in total. The Kier molecular flexibility index (Phi) is 8.72. The largest absolute Gasteiger partial charge is 0.354 e. The molecule has 2 fully saturated rings. The van der Waals surface area contributed by atoms with Crippen molar-refractivity contribution in [2.24, 2.45) is 0 Å². The quantitative estimate of drug-likeness (QED) is 0.332. The van der Waals surface area contributed by atoms with Gasteiger partial charge in [0.05, 0.1) is 24.1 Å². The van der Waals surface area contributed by atoms with E-state index in [0.717, 1.165) is 60.3 Å². The van der Waals surface area contributed by atoms with Crippen LogP contribution in [0.3, 0.4) is 0 Å². The van der Waals surface area contributed by atoms with Gasteiger partial charge in [-0.3, -0.25) is 14.8 Å². The van der Waals surface area contributed by atoms with Gasteiger partial charge < -0.3 is 15.1 Å². The first-order chi connectivity index (χ1) is 18.5. The highest BCUT2D eigenvalue weighted by atomic mass is 35.5. The molecule has 1 aromatic carbocycles. The highest BCUT2D eigenvalue weighted by Crippen LogP contribution is 2.28. The number of halogens is 1. The highest BCUT2D eigenvalue weighted by Gasteiger charge is 2.31. The minimum atomic E-state index is 0.0236. The monoisotopic (exact) mass is 529 g/mol. The van der Waals surface area contributed by atoms with E-state index in [9.17, 15) is 4.79 Å². The fourth-order valence-electron chi connectivity index (χ4n) is 5.61. The van der Waals surface area contributed by atoms with Crippen LogP contribution in [-0.2, 0) is 11.3 Å². The highest BCUT2D eigenvalue weighted by molar-refractivity contribution is 6.30. The summed E-state index contributed by atoms with van der Waals surface area (Å²) in [7, 11) is 0. The number of aryl methyl sites for hydroxylation is 1. The molecule has 2 aliphatic rings. The van der Waals surface area contributed by atoms with Crippen LogP contribution in [-0.4, -0.2) is 50.8 Å². The van der Waals surface area contributed by atoms with Crippen LogP contribution in [0.2, 0.25) is 5.02 Å². The van der Waals surface area contributed by atoms with Gasteiger partial charge in [-0.15, -0.1) is 0 Å². The Balaban J connectivity index is 1.28. The molecule has 198 valence electrons. The van der Waals surface area contributed by atoms with Crippen LogP contribution in [0.1, 0.15) is 55.5 Å². The molecule has 0 unspecified atom stereocenters. The molecule has 7 heteroatoms. The Morgan fingerprint density at radius 2 is 1.79 bits per heavy atom. The second-order valence-electron chi connectivity index (χ2n) is 10.4. The summed E-state index contributed by atoms with van der Waals surface area (Å²) in [6, 6.07) is 16.4. The fraction of sp³-hybridized carbons (Fsp3) is 0.387. The second-order valence-corrected chi connectivity index (χ2v) is 10.8. The molecule has 0 spiro atoms. The van der Waals surface area contributed by atoms with Crippen LogP contribution in [0.4, 0.5) is 11.4 Å². The third kappa shape index (κ3) is 7.00. The van der Waals surface area contributed by atoms with Crippen molar-refractivity contribution in [3.05, 3.63) is 89.0 Å². The number of hydrogen-bond donors (Lipinski definition) is 1. The molecule has 38 heavy (non-hydrogen) atoms. The van der Waals surface area contributed by atoms with Gasteiger partial charge >= 0.3 is 0 Å². The molecule has 0 bridgehead atoms. The minimum Gasteiger partial charge on any atom is -0.354 e. The zero-order chi connectivity index (χ0) is 26.3. The van der Waals surface area contributed by atoms with E-state index in [1.807, 2.05) is 72.6 Å². The van der Waals surface area contributed by atoms with Gasteiger partial charge in [-0.2, -0.15) is 0 Å². The van der Waals surface area contributed by atoms with E-state index in [1.54, 1.807) is 12.3 Å². The summed E-state index contributed by atoms with van der Waals surface area (Å²) in [6.45, 7) is 4.58. The first-order valence-corrected chi connectivity index (χ1v) is 14.0. The minimum absolute atomic E-state index is 0.0236. The van der Waals surface area contributed by atoms with Crippen molar-refractivity contribution in [1.29, 1.82) is 0 Å². The number of benzene rings is 1. The summed E-state index contributed by atoms with van der Waals surface area (Å²) < 4.78 is 0. The topological polar surface area (TPSA) is 61.4 Å². The zero-order valence-corrected chi connectivity index (χ0v) is 22.8. The van der Waals surface area contributed by atoms with Gasteiger partial charge in [0, 0.05) is 53.9 Å². The molecule has 0 radical (unpaired) electrons. The molecule has 1 N–H and O–H groups in total. The molecule has 0 atom stereocenters. The Morgan fingerprint density at radius 1 is 1.03 bits per heavy atom. The van der Waals surface area contributed by atoms with Crippen molar-refractivity contribution < 1.29 is 4.79 Å². The summed E-state index contributed by atoms with van der Waals surface area (Å²) in [4.78, 5) is 27.1. The van der Waals surface area contributed by atoms with Crippen molar-refractivity contribution in [3.8, 4) is 0 Å². The third-order valence-corrected chi connectivity index (χ3v) is 7.95. The first kappa shape index (κ1) is 26.4. The lowest BCUT2D eigenvalue weighted by molar-refractivity contribution is -0.130. The Bertz CT molecular complexity index is 1230. The van der Waals surface area contributed by atoms with Crippen LogP contribution in [0, 0.1) is 6.92 Å². The number of hydrogen-bond acceptors (Lipinski definition) is 5. The fourth-order valence-corrected chi connectivity index (χ4v) is 5.74. The van der Waals surface area contributed by atoms with Crippen LogP contribution in [0.25, 0.3) is 6.08 Å².